The summed E-state index contributed by atoms with van der Waals surface area (Å²) < 4.78 is 5.44. The standard InChI is InChI=1S/C15H23ClN4O/c1-2-3-14-17-13(16)10-15(18-14)20-5-4-12(11-20)19-6-8-21-9-7-19/h10,12H,2-9,11H2,1H3. The van der Waals surface area contributed by atoms with E-state index < -0.39 is 0 Å². The van der Waals surface area contributed by atoms with Gasteiger partial charge in [0.2, 0.25) is 0 Å². The number of rotatable bonds is 4. The Morgan fingerprint density at radius 2 is 2.10 bits per heavy atom. The van der Waals surface area contributed by atoms with Gasteiger partial charge >= 0.3 is 0 Å². The number of aryl methyl sites for hydroxylation is 1. The maximum Gasteiger partial charge on any atom is 0.134 e. The van der Waals surface area contributed by atoms with Gasteiger partial charge in [-0.3, -0.25) is 4.90 Å². The highest BCUT2D eigenvalue weighted by Gasteiger charge is 2.29. The molecule has 116 valence electrons. The minimum absolute atomic E-state index is 0.554. The predicted octanol–water partition coefficient (Wildman–Crippen LogP) is 1.99. The Morgan fingerprint density at radius 1 is 1.29 bits per heavy atom. The number of hydrogen-bond acceptors (Lipinski definition) is 5. The molecular weight excluding hydrogens is 288 g/mol. The smallest absolute Gasteiger partial charge is 0.134 e. The lowest BCUT2D eigenvalue weighted by atomic mass is 10.2. The quantitative estimate of drug-likeness (QED) is 0.796. The SMILES string of the molecule is CCCc1nc(Cl)cc(N2CCC(N3CCOCC3)C2)n1. The van der Waals surface area contributed by atoms with Gasteiger partial charge < -0.3 is 9.64 Å². The second kappa shape index (κ2) is 6.90. The summed E-state index contributed by atoms with van der Waals surface area (Å²) in [4.78, 5) is 13.9. The average molecular weight is 311 g/mol. The van der Waals surface area contributed by atoms with Gasteiger partial charge in [0, 0.05) is 44.7 Å². The Kier molecular flexibility index (Phi) is 4.93. The minimum atomic E-state index is 0.554. The van der Waals surface area contributed by atoms with E-state index in [1.165, 1.54) is 6.42 Å². The van der Waals surface area contributed by atoms with Crippen LogP contribution in [-0.4, -0.2) is 60.3 Å². The zero-order chi connectivity index (χ0) is 14.7. The summed E-state index contributed by atoms with van der Waals surface area (Å²) in [5, 5.41) is 0.554. The molecule has 3 rings (SSSR count). The van der Waals surface area contributed by atoms with Crippen LogP contribution in [0, 0.1) is 0 Å². The van der Waals surface area contributed by atoms with Gasteiger partial charge in [-0.2, -0.15) is 0 Å². The van der Waals surface area contributed by atoms with Crippen molar-refractivity contribution in [1.82, 2.24) is 14.9 Å². The lowest BCUT2D eigenvalue weighted by Gasteiger charge is -2.32. The van der Waals surface area contributed by atoms with Crippen molar-refractivity contribution in [3.8, 4) is 0 Å². The van der Waals surface area contributed by atoms with Crippen LogP contribution in [0.3, 0.4) is 0 Å². The van der Waals surface area contributed by atoms with Gasteiger partial charge in [0.05, 0.1) is 13.2 Å². The zero-order valence-corrected chi connectivity index (χ0v) is 13.3. The highest BCUT2D eigenvalue weighted by molar-refractivity contribution is 6.29. The van der Waals surface area contributed by atoms with E-state index >= 15 is 0 Å². The van der Waals surface area contributed by atoms with Crippen LogP contribution in [0.5, 0.6) is 0 Å². The summed E-state index contributed by atoms with van der Waals surface area (Å²) in [6, 6.07) is 2.50. The molecule has 0 bridgehead atoms. The Morgan fingerprint density at radius 3 is 2.86 bits per heavy atom. The third-order valence-corrected chi connectivity index (χ3v) is 4.44. The fourth-order valence-corrected chi connectivity index (χ4v) is 3.33. The largest absolute Gasteiger partial charge is 0.379 e. The first-order valence-electron chi connectivity index (χ1n) is 7.86. The molecule has 2 fully saturated rings. The van der Waals surface area contributed by atoms with Gasteiger partial charge in [0.1, 0.15) is 16.8 Å². The number of halogens is 1. The van der Waals surface area contributed by atoms with Crippen LogP contribution in [0.25, 0.3) is 0 Å². The molecule has 0 amide bonds. The molecule has 0 radical (unpaired) electrons. The molecule has 1 unspecified atom stereocenters. The van der Waals surface area contributed by atoms with E-state index in [2.05, 4.69) is 26.7 Å². The molecule has 2 aliphatic heterocycles. The van der Waals surface area contributed by atoms with Crippen molar-refractivity contribution >= 4 is 17.4 Å². The predicted molar refractivity (Wildman–Crippen MR) is 84.0 cm³/mol. The summed E-state index contributed by atoms with van der Waals surface area (Å²) >= 11 is 6.14. The van der Waals surface area contributed by atoms with Crippen LogP contribution in [-0.2, 0) is 11.2 Å². The van der Waals surface area contributed by atoms with Crippen molar-refractivity contribution in [2.24, 2.45) is 0 Å². The van der Waals surface area contributed by atoms with Gasteiger partial charge in [-0.05, 0) is 12.8 Å². The molecule has 0 saturated carbocycles. The third kappa shape index (κ3) is 3.65. The van der Waals surface area contributed by atoms with Crippen molar-refractivity contribution in [2.75, 3.05) is 44.3 Å². The summed E-state index contributed by atoms with van der Waals surface area (Å²) in [7, 11) is 0. The van der Waals surface area contributed by atoms with E-state index in [1.807, 2.05) is 6.07 Å². The fraction of sp³-hybridized carbons (Fsp3) is 0.733. The number of hydrogen-bond donors (Lipinski definition) is 0. The second-order valence-electron chi connectivity index (χ2n) is 5.75. The van der Waals surface area contributed by atoms with Gasteiger partial charge in [-0.25, -0.2) is 9.97 Å². The van der Waals surface area contributed by atoms with E-state index in [9.17, 15) is 0 Å². The van der Waals surface area contributed by atoms with Gasteiger partial charge in [-0.15, -0.1) is 0 Å². The van der Waals surface area contributed by atoms with Crippen LogP contribution in [0.1, 0.15) is 25.6 Å². The van der Waals surface area contributed by atoms with E-state index in [0.717, 1.165) is 63.9 Å². The molecule has 5 nitrogen and oxygen atoms in total. The first-order valence-corrected chi connectivity index (χ1v) is 8.24. The summed E-state index contributed by atoms with van der Waals surface area (Å²) in [6.45, 7) is 8.01. The molecule has 2 saturated heterocycles. The van der Waals surface area contributed by atoms with Crippen LogP contribution in [0.4, 0.5) is 5.82 Å². The summed E-state index contributed by atoms with van der Waals surface area (Å²) in [5.41, 5.74) is 0. The Balaban J connectivity index is 1.67. The van der Waals surface area contributed by atoms with Crippen LogP contribution in [0.15, 0.2) is 6.07 Å². The van der Waals surface area contributed by atoms with E-state index in [1.54, 1.807) is 0 Å². The first kappa shape index (κ1) is 15.0. The molecule has 0 aromatic carbocycles. The van der Waals surface area contributed by atoms with E-state index in [4.69, 9.17) is 16.3 Å². The number of ether oxygens (including phenoxy) is 1. The van der Waals surface area contributed by atoms with Gasteiger partial charge in [-0.1, -0.05) is 18.5 Å². The zero-order valence-electron chi connectivity index (χ0n) is 12.6. The maximum atomic E-state index is 6.14. The Hall–Kier alpha value is -0.910. The van der Waals surface area contributed by atoms with Crippen molar-refractivity contribution in [1.29, 1.82) is 0 Å². The highest BCUT2D eigenvalue weighted by atomic mass is 35.5. The van der Waals surface area contributed by atoms with Crippen LogP contribution in [0.2, 0.25) is 5.15 Å². The average Bonchev–Trinajstić information content (AvgIpc) is 2.98. The lowest BCUT2D eigenvalue weighted by molar-refractivity contribution is 0.0209. The minimum Gasteiger partial charge on any atom is -0.379 e. The molecule has 2 aliphatic rings. The monoisotopic (exact) mass is 310 g/mol. The normalized spacial score (nSPS) is 23.7. The van der Waals surface area contributed by atoms with Crippen molar-refractivity contribution in [3.05, 3.63) is 17.0 Å². The van der Waals surface area contributed by atoms with Gasteiger partial charge in [0.25, 0.3) is 0 Å². The highest BCUT2D eigenvalue weighted by Crippen LogP contribution is 2.24. The first-order chi connectivity index (χ1) is 10.3. The summed E-state index contributed by atoms with van der Waals surface area (Å²) in [6.07, 6.45) is 3.11. The molecule has 1 aromatic rings. The Bertz CT molecular complexity index is 479. The molecule has 0 N–H and O–H groups in total. The molecular formula is C15H23ClN4O. The Labute approximate surface area is 131 Å². The third-order valence-electron chi connectivity index (χ3n) is 4.25. The number of anilines is 1. The van der Waals surface area contributed by atoms with Crippen molar-refractivity contribution < 1.29 is 4.74 Å². The summed E-state index contributed by atoms with van der Waals surface area (Å²) in [5.74, 6) is 1.84. The van der Waals surface area contributed by atoms with E-state index in [-0.39, 0.29) is 0 Å². The molecule has 3 heterocycles. The number of aromatic nitrogens is 2. The van der Waals surface area contributed by atoms with Crippen LogP contribution < -0.4 is 4.90 Å². The molecule has 1 aromatic heterocycles. The fourth-order valence-electron chi connectivity index (χ4n) is 3.14. The molecule has 21 heavy (non-hydrogen) atoms. The van der Waals surface area contributed by atoms with E-state index in [0.29, 0.717) is 11.2 Å². The second-order valence-corrected chi connectivity index (χ2v) is 6.14. The molecule has 0 aliphatic carbocycles. The van der Waals surface area contributed by atoms with Gasteiger partial charge in [0.15, 0.2) is 0 Å². The molecule has 6 heteroatoms. The van der Waals surface area contributed by atoms with Crippen LogP contribution >= 0.6 is 11.6 Å². The lowest BCUT2D eigenvalue weighted by Crippen LogP contribution is -2.44. The van der Waals surface area contributed by atoms with Crippen molar-refractivity contribution in [3.63, 3.8) is 0 Å². The molecule has 1 atom stereocenters. The van der Waals surface area contributed by atoms with Crippen molar-refractivity contribution in [2.45, 2.75) is 32.2 Å². The number of nitrogens with zero attached hydrogens (tertiary/aromatic N) is 4. The topological polar surface area (TPSA) is 41.5 Å². The molecule has 0 spiro atoms. The maximum absolute atomic E-state index is 6.14. The number of morpholine rings is 1.